The second-order valence-electron chi connectivity index (χ2n) is 6.37. The molecule has 0 saturated carbocycles. The molecule has 2 aromatic carbocycles. The van der Waals surface area contributed by atoms with E-state index in [0.717, 1.165) is 35.4 Å². The molecule has 24 heavy (non-hydrogen) atoms. The number of para-hydroxylation sites is 1. The predicted molar refractivity (Wildman–Crippen MR) is 93.6 cm³/mol. The molecule has 0 bridgehead atoms. The van der Waals surface area contributed by atoms with Crippen LogP contribution in [0.25, 0.3) is 0 Å². The Kier molecular flexibility index (Phi) is 3.77. The minimum absolute atomic E-state index is 0.0727. The number of hydrogen-bond donors (Lipinski definition) is 0. The summed E-state index contributed by atoms with van der Waals surface area (Å²) in [5.41, 5.74) is 3.66. The van der Waals surface area contributed by atoms with Crippen LogP contribution in [0.4, 0.5) is 5.69 Å². The third-order valence-corrected chi connectivity index (χ3v) is 4.89. The number of carbonyl (C=O) groups excluding carboxylic acids is 2. The Bertz CT molecular complexity index is 808. The van der Waals surface area contributed by atoms with E-state index >= 15 is 0 Å². The van der Waals surface area contributed by atoms with Gasteiger partial charge in [0.2, 0.25) is 5.91 Å². The number of nitrogens with zero attached hydrogens (tertiary/aromatic N) is 1. The average Bonchev–Trinajstić information content (AvgIpc) is 2.62. The van der Waals surface area contributed by atoms with Crippen molar-refractivity contribution in [2.45, 2.75) is 31.6 Å². The lowest BCUT2D eigenvalue weighted by Gasteiger charge is -2.38. The number of allylic oxidation sites excluding steroid dienone is 2. The quantitative estimate of drug-likeness (QED) is 0.832. The molecule has 3 heteroatoms. The maximum Gasteiger partial charge on any atom is 0.232 e. The van der Waals surface area contributed by atoms with Crippen molar-refractivity contribution in [3.63, 3.8) is 0 Å². The maximum atomic E-state index is 12.9. The highest BCUT2D eigenvalue weighted by Crippen LogP contribution is 2.43. The van der Waals surface area contributed by atoms with Crippen LogP contribution in [0.15, 0.2) is 71.9 Å². The first kappa shape index (κ1) is 14.9. The van der Waals surface area contributed by atoms with Crippen LogP contribution in [0.3, 0.4) is 0 Å². The van der Waals surface area contributed by atoms with Crippen molar-refractivity contribution < 1.29 is 9.59 Å². The number of Topliss-reactive ketones (excluding diaryl/α,β-unsaturated/α-hetero) is 1. The molecule has 0 unspecified atom stereocenters. The summed E-state index contributed by atoms with van der Waals surface area (Å²) in [6.07, 6.45) is 2.53. The third kappa shape index (κ3) is 2.46. The summed E-state index contributed by atoms with van der Waals surface area (Å²) in [6, 6.07) is 19.6. The van der Waals surface area contributed by atoms with E-state index in [9.17, 15) is 9.59 Å². The van der Waals surface area contributed by atoms with Crippen LogP contribution in [0.1, 0.15) is 37.2 Å². The SMILES string of the molecule is O=C1CCCC2=C1[C@@H](c1ccccc1)CC(=O)N2c1ccccc1. The van der Waals surface area contributed by atoms with Crippen molar-refractivity contribution in [2.75, 3.05) is 4.90 Å². The number of rotatable bonds is 2. The van der Waals surface area contributed by atoms with Crippen molar-refractivity contribution in [1.82, 2.24) is 0 Å². The molecule has 120 valence electrons. The fraction of sp³-hybridized carbons (Fsp3) is 0.238. The number of amides is 1. The van der Waals surface area contributed by atoms with E-state index in [1.807, 2.05) is 60.7 Å². The van der Waals surface area contributed by atoms with Gasteiger partial charge in [0.15, 0.2) is 5.78 Å². The summed E-state index contributed by atoms with van der Waals surface area (Å²) >= 11 is 0. The zero-order valence-electron chi connectivity index (χ0n) is 13.4. The summed E-state index contributed by atoms with van der Waals surface area (Å²) in [4.78, 5) is 27.4. The van der Waals surface area contributed by atoms with Crippen LogP contribution < -0.4 is 4.90 Å². The second kappa shape index (κ2) is 6.08. The molecular weight excluding hydrogens is 298 g/mol. The first-order valence-electron chi connectivity index (χ1n) is 8.45. The molecular formula is C21H19NO2. The summed E-state index contributed by atoms with van der Waals surface area (Å²) in [6.45, 7) is 0. The number of carbonyl (C=O) groups is 2. The topological polar surface area (TPSA) is 37.4 Å². The lowest BCUT2D eigenvalue weighted by atomic mass is 9.77. The van der Waals surface area contributed by atoms with E-state index < -0.39 is 0 Å². The first-order valence-corrected chi connectivity index (χ1v) is 8.45. The molecule has 0 radical (unpaired) electrons. The van der Waals surface area contributed by atoms with Crippen LogP contribution in [-0.4, -0.2) is 11.7 Å². The molecule has 4 rings (SSSR count). The highest BCUT2D eigenvalue weighted by Gasteiger charge is 2.39. The van der Waals surface area contributed by atoms with Crippen molar-refractivity contribution in [3.8, 4) is 0 Å². The van der Waals surface area contributed by atoms with Gasteiger partial charge in [0.05, 0.1) is 0 Å². The largest absolute Gasteiger partial charge is 0.294 e. The smallest absolute Gasteiger partial charge is 0.232 e. The monoisotopic (exact) mass is 317 g/mol. The molecule has 1 aliphatic heterocycles. The van der Waals surface area contributed by atoms with Gasteiger partial charge in [0.25, 0.3) is 0 Å². The molecule has 0 N–H and O–H groups in total. The van der Waals surface area contributed by atoms with Crippen LogP contribution >= 0.6 is 0 Å². The maximum absolute atomic E-state index is 12.9. The summed E-state index contributed by atoms with van der Waals surface area (Å²) in [7, 11) is 0. The number of hydrogen-bond acceptors (Lipinski definition) is 2. The van der Waals surface area contributed by atoms with E-state index in [1.54, 1.807) is 4.90 Å². The molecule has 1 atom stereocenters. The Balaban J connectivity index is 1.87. The first-order chi connectivity index (χ1) is 11.8. The molecule has 1 aliphatic carbocycles. The van der Waals surface area contributed by atoms with E-state index in [-0.39, 0.29) is 17.6 Å². The average molecular weight is 317 g/mol. The zero-order valence-corrected chi connectivity index (χ0v) is 13.4. The molecule has 0 aromatic heterocycles. The molecule has 0 fully saturated rings. The molecule has 1 heterocycles. The minimum Gasteiger partial charge on any atom is -0.294 e. The predicted octanol–water partition coefficient (Wildman–Crippen LogP) is 4.21. The Hall–Kier alpha value is -2.68. The summed E-state index contributed by atoms with van der Waals surface area (Å²) < 4.78 is 0. The molecule has 3 nitrogen and oxygen atoms in total. The van der Waals surface area contributed by atoms with Crippen molar-refractivity contribution in [3.05, 3.63) is 77.5 Å². The highest BCUT2D eigenvalue weighted by molar-refractivity contribution is 6.07. The van der Waals surface area contributed by atoms with Gasteiger partial charge in [-0.1, -0.05) is 48.5 Å². The molecule has 2 aliphatic rings. The zero-order chi connectivity index (χ0) is 16.5. The van der Waals surface area contributed by atoms with Gasteiger partial charge in [-0.25, -0.2) is 0 Å². The van der Waals surface area contributed by atoms with Crippen molar-refractivity contribution >= 4 is 17.4 Å². The number of benzene rings is 2. The molecule has 1 amide bonds. The van der Waals surface area contributed by atoms with Crippen molar-refractivity contribution in [2.24, 2.45) is 0 Å². The summed E-state index contributed by atoms with van der Waals surface area (Å²) in [5.74, 6) is 0.156. The van der Waals surface area contributed by atoms with E-state index in [2.05, 4.69) is 0 Å². The van der Waals surface area contributed by atoms with E-state index in [0.29, 0.717) is 12.8 Å². The van der Waals surface area contributed by atoms with Crippen LogP contribution in [0.5, 0.6) is 0 Å². The number of anilines is 1. The Morgan fingerprint density at radius 1 is 0.833 bits per heavy atom. The lowest BCUT2D eigenvalue weighted by Crippen LogP contribution is -2.40. The van der Waals surface area contributed by atoms with Gasteiger partial charge in [-0.05, 0) is 30.5 Å². The van der Waals surface area contributed by atoms with Gasteiger partial charge in [0, 0.05) is 35.7 Å². The number of ketones is 1. The van der Waals surface area contributed by atoms with E-state index in [4.69, 9.17) is 0 Å². The Morgan fingerprint density at radius 3 is 2.21 bits per heavy atom. The lowest BCUT2D eigenvalue weighted by molar-refractivity contribution is -0.119. The third-order valence-electron chi connectivity index (χ3n) is 4.89. The van der Waals surface area contributed by atoms with Gasteiger partial charge >= 0.3 is 0 Å². The van der Waals surface area contributed by atoms with Gasteiger partial charge in [-0.3, -0.25) is 14.5 Å². The normalized spacial score (nSPS) is 21.0. The second-order valence-corrected chi connectivity index (χ2v) is 6.37. The standard InChI is InChI=1S/C21H19NO2/c23-19-13-7-12-18-21(19)17(15-8-3-1-4-9-15)14-20(24)22(18)16-10-5-2-6-11-16/h1-6,8-11,17H,7,12-14H2/t17-/m1/s1. The van der Waals surface area contributed by atoms with Gasteiger partial charge < -0.3 is 0 Å². The molecule has 0 saturated heterocycles. The Labute approximate surface area is 141 Å². The molecule has 0 spiro atoms. The minimum atomic E-state index is -0.110. The summed E-state index contributed by atoms with van der Waals surface area (Å²) in [5, 5.41) is 0. The van der Waals surface area contributed by atoms with Gasteiger partial charge in [0.1, 0.15) is 0 Å². The van der Waals surface area contributed by atoms with Crippen LogP contribution in [0.2, 0.25) is 0 Å². The van der Waals surface area contributed by atoms with Gasteiger partial charge in [-0.15, -0.1) is 0 Å². The fourth-order valence-corrected chi connectivity index (χ4v) is 3.84. The van der Waals surface area contributed by atoms with Crippen LogP contribution in [0, 0.1) is 0 Å². The Morgan fingerprint density at radius 2 is 1.50 bits per heavy atom. The van der Waals surface area contributed by atoms with E-state index in [1.165, 1.54) is 0 Å². The van der Waals surface area contributed by atoms with Gasteiger partial charge in [-0.2, -0.15) is 0 Å². The fourth-order valence-electron chi connectivity index (χ4n) is 3.84. The van der Waals surface area contributed by atoms with Crippen LogP contribution in [-0.2, 0) is 9.59 Å². The van der Waals surface area contributed by atoms with Crippen molar-refractivity contribution in [1.29, 1.82) is 0 Å². The molecule has 2 aromatic rings. The highest BCUT2D eigenvalue weighted by atomic mass is 16.2.